The van der Waals surface area contributed by atoms with E-state index < -0.39 is 18.1 Å². The van der Waals surface area contributed by atoms with Crippen molar-refractivity contribution < 1.29 is 19.1 Å². The number of carbonyl (C=O) groups excluding carboxylic acids is 2. The summed E-state index contributed by atoms with van der Waals surface area (Å²) in [5, 5.41) is 0. The number of nitrogen functional groups attached to an aromatic ring is 1. The number of amides is 1. The predicted octanol–water partition coefficient (Wildman–Crippen LogP) is 1.58. The molecule has 2 unspecified atom stereocenters. The van der Waals surface area contributed by atoms with Gasteiger partial charge in [-0.25, -0.2) is 4.79 Å². The van der Waals surface area contributed by atoms with Crippen molar-refractivity contribution in [2.45, 2.75) is 32.9 Å². The van der Waals surface area contributed by atoms with E-state index in [1.54, 1.807) is 25.1 Å². The molecule has 114 valence electrons. The zero-order valence-corrected chi connectivity index (χ0v) is 12.6. The van der Waals surface area contributed by atoms with Crippen LogP contribution >= 0.6 is 0 Å². The van der Waals surface area contributed by atoms with Gasteiger partial charge in [-0.05, 0) is 25.0 Å². The molecule has 0 saturated carbocycles. The summed E-state index contributed by atoms with van der Waals surface area (Å²) in [7, 11) is 1.29. The van der Waals surface area contributed by atoms with Crippen LogP contribution < -0.4 is 15.4 Å². The molecule has 1 aliphatic heterocycles. The molecular weight excluding hydrogens is 272 g/mol. The van der Waals surface area contributed by atoms with Gasteiger partial charge in [0.25, 0.3) is 5.91 Å². The van der Waals surface area contributed by atoms with E-state index in [4.69, 9.17) is 15.2 Å². The minimum absolute atomic E-state index is 0.0283. The molecule has 0 radical (unpaired) electrons. The smallest absolute Gasteiger partial charge is 0.328 e. The Kier molecular flexibility index (Phi) is 4.06. The molecule has 0 bridgehead atoms. The molecule has 2 atom stereocenters. The molecule has 6 nitrogen and oxygen atoms in total. The highest BCUT2D eigenvalue weighted by molar-refractivity contribution is 6.07. The summed E-state index contributed by atoms with van der Waals surface area (Å²) in [6.07, 6.45) is -0.647. The van der Waals surface area contributed by atoms with Gasteiger partial charge in [-0.1, -0.05) is 19.9 Å². The molecule has 2 N–H and O–H groups in total. The van der Waals surface area contributed by atoms with E-state index in [2.05, 4.69) is 0 Å². The van der Waals surface area contributed by atoms with E-state index in [9.17, 15) is 9.59 Å². The van der Waals surface area contributed by atoms with Crippen LogP contribution in [-0.2, 0) is 14.3 Å². The van der Waals surface area contributed by atoms with E-state index in [0.717, 1.165) is 0 Å². The molecule has 1 heterocycles. The lowest BCUT2D eigenvalue weighted by Gasteiger charge is -2.38. The van der Waals surface area contributed by atoms with Gasteiger partial charge < -0.3 is 15.2 Å². The third kappa shape index (κ3) is 2.53. The molecule has 1 aromatic rings. The number of hydrogen-bond acceptors (Lipinski definition) is 5. The lowest BCUT2D eigenvalue weighted by molar-refractivity contribution is -0.144. The molecule has 0 aromatic heterocycles. The van der Waals surface area contributed by atoms with Crippen molar-refractivity contribution in [3.8, 4) is 5.75 Å². The summed E-state index contributed by atoms with van der Waals surface area (Å²) >= 11 is 0. The quantitative estimate of drug-likeness (QED) is 0.675. The fourth-order valence-corrected chi connectivity index (χ4v) is 2.41. The van der Waals surface area contributed by atoms with Crippen molar-refractivity contribution in [1.82, 2.24) is 0 Å². The first kappa shape index (κ1) is 15.2. The van der Waals surface area contributed by atoms with Crippen LogP contribution in [0.2, 0.25) is 0 Å². The van der Waals surface area contributed by atoms with Crippen LogP contribution in [0.4, 0.5) is 11.4 Å². The van der Waals surface area contributed by atoms with Gasteiger partial charge >= 0.3 is 5.97 Å². The maximum atomic E-state index is 12.7. The van der Waals surface area contributed by atoms with Crippen LogP contribution in [0.3, 0.4) is 0 Å². The van der Waals surface area contributed by atoms with Gasteiger partial charge in [0.1, 0.15) is 17.5 Å². The Morgan fingerprint density at radius 1 is 1.38 bits per heavy atom. The number of carbonyl (C=O) groups is 2. The van der Waals surface area contributed by atoms with Crippen LogP contribution in [0.1, 0.15) is 20.8 Å². The summed E-state index contributed by atoms with van der Waals surface area (Å²) in [4.78, 5) is 25.9. The predicted molar refractivity (Wildman–Crippen MR) is 79.1 cm³/mol. The van der Waals surface area contributed by atoms with Crippen molar-refractivity contribution >= 4 is 23.3 Å². The standard InChI is InChI=1S/C15H20N2O4/c1-8(2)13-14(18)17(9(3)15(19)20-4)12-10(16)6-5-7-11(12)21-13/h5-9,13H,16H2,1-4H3. The van der Waals surface area contributed by atoms with Crippen LogP contribution in [0.15, 0.2) is 18.2 Å². The van der Waals surface area contributed by atoms with Crippen molar-refractivity contribution in [1.29, 1.82) is 0 Å². The summed E-state index contributed by atoms with van der Waals surface area (Å²) in [5.41, 5.74) is 6.78. The molecule has 0 saturated heterocycles. The number of ether oxygens (including phenoxy) is 2. The summed E-state index contributed by atoms with van der Waals surface area (Å²) in [6.45, 7) is 5.39. The molecule has 0 aliphatic carbocycles. The van der Waals surface area contributed by atoms with Crippen LogP contribution in [0.25, 0.3) is 0 Å². The Bertz CT molecular complexity index is 571. The van der Waals surface area contributed by atoms with E-state index in [-0.39, 0.29) is 11.8 Å². The van der Waals surface area contributed by atoms with Crippen molar-refractivity contribution in [3.05, 3.63) is 18.2 Å². The number of fused-ring (bicyclic) bond motifs is 1. The Hall–Kier alpha value is -2.24. The number of esters is 1. The van der Waals surface area contributed by atoms with Gasteiger partial charge in [0.05, 0.1) is 12.8 Å². The minimum atomic E-state index is -0.768. The highest BCUT2D eigenvalue weighted by atomic mass is 16.5. The fourth-order valence-electron chi connectivity index (χ4n) is 2.41. The number of hydrogen-bond donors (Lipinski definition) is 1. The summed E-state index contributed by atoms with van der Waals surface area (Å²) in [6, 6.07) is 4.39. The second-order valence-corrected chi connectivity index (χ2v) is 5.38. The largest absolute Gasteiger partial charge is 0.478 e. The summed E-state index contributed by atoms with van der Waals surface area (Å²) in [5.74, 6) is -0.307. The van der Waals surface area contributed by atoms with Gasteiger partial charge in [0.15, 0.2) is 6.10 Å². The Labute approximate surface area is 123 Å². The molecule has 1 amide bonds. The number of para-hydroxylation sites is 1. The Balaban J connectivity index is 2.55. The third-order valence-corrected chi connectivity index (χ3v) is 3.54. The second-order valence-electron chi connectivity index (χ2n) is 5.38. The first-order valence-corrected chi connectivity index (χ1v) is 6.84. The SMILES string of the molecule is COC(=O)C(C)N1C(=O)C(C(C)C)Oc2cccc(N)c21. The molecular formula is C15H20N2O4. The van der Waals surface area contributed by atoms with E-state index in [1.807, 2.05) is 13.8 Å². The topological polar surface area (TPSA) is 81.9 Å². The number of benzene rings is 1. The second kappa shape index (κ2) is 5.63. The molecule has 0 fully saturated rings. The number of nitrogens with two attached hydrogens (primary N) is 1. The summed E-state index contributed by atoms with van der Waals surface area (Å²) < 4.78 is 10.5. The molecule has 6 heteroatoms. The normalized spacial score (nSPS) is 19.0. The minimum Gasteiger partial charge on any atom is -0.478 e. The maximum absolute atomic E-state index is 12.7. The number of anilines is 2. The Morgan fingerprint density at radius 2 is 2.05 bits per heavy atom. The van der Waals surface area contributed by atoms with E-state index in [0.29, 0.717) is 17.1 Å². The van der Waals surface area contributed by atoms with Crippen LogP contribution in [-0.4, -0.2) is 31.1 Å². The first-order valence-electron chi connectivity index (χ1n) is 6.84. The fraction of sp³-hybridized carbons (Fsp3) is 0.467. The lowest BCUT2D eigenvalue weighted by atomic mass is 10.0. The van der Waals surface area contributed by atoms with Gasteiger partial charge in [-0.2, -0.15) is 0 Å². The molecule has 0 spiro atoms. The maximum Gasteiger partial charge on any atom is 0.328 e. The Morgan fingerprint density at radius 3 is 2.62 bits per heavy atom. The van der Waals surface area contributed by atoms with Gasteiger partial charge in [0.2, 0.25) is 0 Å². The molecule has 1 aliphatic rings. The molecule has 21 heavy (non-hydrogen) atoms. The highest BCUT2D eigenvalue weighted by Crippen LogP contribution is 2.41. The monoisotopic (exact) mass is 292 g/mol. The average Bonchev–Trinajstić information content (AvgIpc) is 2.45. The molecule has 1 aromatic carbocycles. The number of nitrogens with zero attached hydrogens (tertiary/aromatic N) is 1. The van der Waals surface area contributed by atoms with E-state index in [1.165, 1.54) is 12.0 Å². The van der Waals surface area contributed by atoms with Gasteiger partial charge in [0, 0.05) is 0 Å². The highest BCUT2D eigenvalue weighted by Gasteiger charge is 2.41. The number of rotatable bonds is 3. The van der Waals surface area contributed by atoms with Gasteiger partial charge in [-0.15, -0.1) is 0 Å². The lowest BCUT2D eigenvalue weighted by Crippen LogP contribution is -2.54. The van der Waals surface area contributed by atoms with Crippen molar-refractivity contribution in [2.24, 2.45) is 5.92 Å². The van der Waals surface area contributed by atoms with Crippen molar-refractivity contribution in [2.75, 3.05) is 17.7 Å². The zero-order valence-electron chi connectivity index (χ0n) is 12.6. The first-order chi connectivity index (χ1) is 9.88. The van der Waals surface area contributed by atoms with E-state index >= 15 is 0 Å². The third-order valence-electron chi connectivity index (χ3n) is 3.54. The van der Waals surface area contributed by atoms with Gasteiger partial charge in [-0.3, -0.25) is 9.69 Å². The average molecular weight is 292 g/mol. The number of methoxy groups -OCH3 is 1. The van der Waals surface area contributed by atoms with Crippen LogP contribution in [0, 0.1) is 5.92 Å². The van der Waals surface area contributed by atoms with Crippen molar-refractivity contribution in [3.63, 3.8) is 0 Å². The zero-order chi connectivity index (χ0) is 15.7. The molecule has 2 rings (SSSR count). The van der Waals surface area contributed by atoms with Crippen LogP contribution in [0.5, 0.6) is 5.75 Å².